The number of nitrogens with one attached hydrogen (secondary N) is 2. The summed E-state index contributed by atoms with van der Waals surface area (Å²) in [5.41, 5.74) is 6.69. The fraction of sp³-hybridized carbons (Fsp3) is 0.429. The molecule has 22 heavy (non-hydrogen) atoms. The van der Waals surface area contributed by atoms with Gasteiger partial charge in [0.25, 0.3) is 11.8 Å². The van der Waals surface area contributed by atoms with Crippen LogP contribution in [0.25, 0.3) is 0 Å². The van der Waals surface area contributed by atoms with E-state index in [1.807, 2.05) is 6.07 Å². The molecule has 0 radical (unpaired) electrons. The van der Waals surface area contributed by atoms with Crippen LogP contribution in [0.5, 0.6) is 0 Å². The summed E-state index contributed by atoms with van der Waals surface area (Å²) in [5, 5.41) is 3.77. The molecule has 6 nitrogen and oxygen atoms in total. The molecule has 116 valence electrons. The second-order valence-corrected chi connectivity index (χ2v) is 7.39. The zero-order chi connectivity index (χ0) is 15.7. The van der Waals surface area contributed by atoms with Gasteiger partial charge < -0.3 is 0 Å². The van der Waals surface area contributed by atoms with Crippen molar-refractivity contribution in [2.24, 2.45) is 5.92 Å². The Bertz CT molecular complexity index is 722. The predicted molar refractivity (Wildman–Crippen MR) is 85.1 cm³/mol. The number of aromatic nitrogens is 2. The number of hydrogen-bond donors (Lipinski definition) is 2. The molecular weight excluding hydrogens is 320 g/mol. The lowest BCUT2D eigenvalue weighted by Crippen LogP contribution is -2.41. The summed E-state index contributed by atoms with van der Waals surface area (Å²) in [6.07, 6.45) is 3.23. The molecule has 3 rings (SSSR count). The minimum absolute atomic E-state index is 0.282. The Morgan fingerprint density at radius 3 is 2.82 bits per heavy atom. The molecule has 1 aliphatic rings. The number of nitrogens with zero attached hydrogens (tertiary/aromatic N) is 2. The first kappa shape index (κ1) is 15.1. The minimum Gasteiger partial charge on any atom is -0.266 e. The molecule has 2 aromatic heterocycles. The Labute approximate surface area is 136 Å². The van der Waals surface area contributed by atoms with E-state index in [2.05, 4.69) is 27.4 Å². The third-order valence-corrected chi connectivity index (χ3v) is 5.76. The maximum Gasteiger partial charge on any atom is 0.283 e. The maximum absolute atomic E-state index is 12.2. The van der Waals surface area contributed by atoms with Crippen molar-refractivity contribution >= 4 is 34.7 Å². The van der Waals surface area contributed by atoms with Crippen molar-refractivity contribution in [3.8, 4) is 0 Å². The number of carbonyl (C=O) groups is 2. The summed E-state index contributed by atoms with van der Waals surface area (Å²) in [5.74, 6) is -0.00848. The maximum atomic E-state index is 12.2. The second kappa shape index (κ2) is 6.13. The van der Waals surface area contributed by atoms with Gasteiger partial charge >= 0.3 is 0 Å². The number of amides is 2. The van der Waals surface area contributed by atoms with Crippen molar-refractivity contribution < 1.29 is 9.59 Å². The van der Waals surface area contributed by atoms with Crippen molar-refractivity contribution in [2.45, 2.75) is 33.1 Å². The van der Waals surface area contributed by atoms with Crippen LogP contribution in [0.4, 0.5) is 0 Å². The molecule has 2 amide bonds. The second-order valence-electron chi connectivity index (χ2n) is 5.50. The summed E-state index contributed by atoms with van der Waals surface area (Å²) < 4.78 is 3.70. The lowest BCUT2D eigenvalue weighted by molar-refractivity contribution is 0.0850. The van der Waals surface area contributed by atoms with Gasteiger partial charge in [-0.3, -0.25) is 20.4 Å². The highest BCUT2D eigenvalue weighted by molar-refractivity contribution is 7.14. The van der Waals surface area contributed by atoms with Gasteiger partial charge in [0.05, 0.1) is 10.6 Å². The van der Waals surface area contributed by atoms with E-state index in [9.17, 15) is 9.59 Å². The Balaban J connectivity index is 1.63. The Morgan fingerprint density at radius 1 is 1.32 bits per heavy atom. The van der Waals surface area contributed by atoms with Crippen molar-refractivity contribution in [1.82, 2.24) is 20.4 Å². The van der Waals surface area contributed by atoms with Gasteiger partial charge in [0.2, 0.25) is 0 Å². The highest BCUT2D eigenvalue weighted by Gasteiger charge is 2.21. The molecule has 2 heterocycles. The lowest BCUT2D eigenvalue weighted by Gasteiger charge is -2.16. The average Bonchev–Trinajstić information content (AvgIpc) is 3.09. The Kier molecular flexibility index (Phi) is 4.21. The van der Waals surface area contributed by atoms with Gasteiger partial charge in [-0.1, -0.05) is 11.4 Å². The Hall–Kier alpha value is -1.80. The third kappa shape index (κ3) is 3.02. The van der Waals surface area contributed by atoms with Crippen LogP contribution in [0, 0.1) is 12.8 Å². The molecule has 0 unspecified atom stereocenters. The number of aryl methyl sites for hydroxylation is 2. The largest absolute Gasteiger partial charge is 0.283 e. The summed E-state index contributed by atoms with van der Waals surface area (Å²) in [6.45, 7) is 3.93. The molecule has 0 saturated carbocycles. The van der Waals surface area contributed by atoms with E-state index >= 15 is 0 Å². The van der Waals surface area contributed by atoms with E-state index in [0.29, 0.717) is 21.4 Å². The number of fused-ring (bicyclic) bond motifs is 1. The smallest absolute Gasteiger partial charge is 0.266 e. The van der Waals surface area contributed by atoms with E-state index in [1.165, 1.54) is 28.2 Å². The van der Waals surface area contributed by atoms with Crippen molar-refractivity contribution in [2.75, 3.05) is 0 Å². The summed E-state index contributed by atoms with van der Waals surface area (Å²) in [7, 11) is 0. The van der Waals surface area contributed by atoms with Gasteiger partial charge in [-0.05, 0) is 55.3 Å². The molecule has 0 spiro atoms. The third-order valence-electron chi connectivity index (χ3n) is 3.70. The standard InChI is InChI=1S/C14H16N4O2S2/c1-7-3-4-10-9(5-7)6-11(21-10)13(19)16-17-14(20)12-8(2)15-18-22-12/h6-7H,3-5H2,1-2H3,(H,16,19)(H,17,20)/t7-/m1/s1. The molecule has 0 aromatic carbocycles. The van der Waals surface area contributed by atoms with Gasteiger partial charge in [0.15, 0.2) is 0 Å². The molecular formula is C14H16N4O2S2. The average molecular weight is 336 g/mol. The van der Waals surface area contributed by atoms with E-state index in [1.54, 1.807) is 6.92 Å². The van der Waals surface area contributed by atoms with Gasteiger partial charge in [0, 0.05) is 4.88 Å². The van der Waals surface area contributed by atoms with E-state index in [0.717, 1.165) is 24.4 Å². The summed E-state index contributed by atoms with van der Waals surface area (Å²) in [6, 6.07) is 1.94. The molecule has 0 bridgehead atoms. The van der Waals surface area contributed by atoms with Gasteiger partial charge in [-0.2, -0.15) is 0 Å². The van der Waals surface area contributed by atoms with Gasteiger partial charge in [-0.25, -0.2) is 0 Å². The number of carbonyl (C=O) groups excluding carboxylic acids is 2. The van der Waals surface area contributed by atoms with Crippen molar-refractivity contribution in [3.05, 3.63) is 32.0 Å². The number of hydrazine groups is 1. The summed E-state index contributed by atoms with van der Waals surface area (Å²) >= 11 is 2.52. The van der Waals surface area contributed by atoms with Crippen LogP contribution in [0.15, 0.2) is 6.07 Å². The predicted octanol–water partition coefficient (Wildman–Crippen LogP) is 2.11. The minimum atomic E-state index is -0.393. The number of hydrogen-bond acceptors (Lipinski definition) is 6. The molecule has 2 aromatic rings. The van der Waals surface area contributed by atoms with Crippen LogP contribution in [-0.4, -0.2) is 21.4 Å². The fourth-order valence-corrected chi connectivity index (χ4v) is 4.14. The number of thiophene rings is 1. The lowest BCUT2D eigenvalue weighted by atomic mass is 9.90. The molecule has 0 saturated heterocycles. The molecule has 0 aliphatic heterocycles. The van der Waals surface area contributed by atoms with E-state index < -0.39 is 5.91 Å². The van der Waals surface area contributed by atoms with Crippen LogP contribution in [0.2, 0.25) is 0 Å². The quantitative estimate of drug-likeness (QED) is 0.823. The zero-order valence-electron chi connectivity index (χ0n) is 12.3. The van der Waals surface area contributed by atoms with Gasteiger partial charge in [0.1, 0.15) is 4.88 Å². The fourth-order valence-electron chi connectivity index (χ4n) is 2.49. The van der Waals surface area contributed by atoms with Crippen molar-refractivity contribution in [3.63, 3.8) is 0 Å². The first-order chi connectivity index (χ1) is 10.5. The van der Waals surface area contributed by atoms with Crippen LogP contribution >= 0.6 is 22.9 Å². The first-order valence-electron chi connectivity index (χ1n) is 7.06. The monoisotopic (exact) mass is 336 g/mol. The van der Waals surface area contributed by atoms with Crippen LogP contribution < -0.4 is 10.9 Å². The molecule has 0 fully saturated rings. The summed E-state index contributed by atoms with van der Waals surface area (Å²) in [4.78, 5) is 26.4. The van der Waals surface area contributed by atoms with Gasteiger partial charge in [-0.15, -0.1) is 16.4 Å². The van der Waals surface area contributed by atoms with E-state index in [-0.39, 0.29) is 5.91 Å². The molecule has 1 atom stereocenters. The van der Waals surface area contributed by atoms with Crippen molar-refractivity contribution in [1.29, 1.82) is 0 Å². The topological polar surface area (TPSA) is 84.0 Å². The van der Waals surface area contributed by atoms with Crippen LogP contribution in [-0.2, 0) is 12.8 Å². The molecule has 8 heteroatoms. The first-order valence-corrected chi connectivity index (χ1v) is 8.64. The normalized spacial score (nSPS) is 16.9. The highest BCUT2D eigenvalue weighted by atomic mass is 32.1. The van der Waals surface area contributed by atoms with Crippen LogP contribution in [0.3, 0.4) is 0 Å². The molecule has 1 aliphatic carbocycles. The SMILES string of the molecule is Cc1nnsc1C(=O)NNC(=O)c1cc2c(s1)CC[C@@H](C)C2. The zero-order valence-corrected chi connectivity index (χ0v) is 13.9. The molecule has 2 N–H and O–H groups in total. The Morgan fingerprint density at radius 2 is 2.09 bits per heavy atom. The highest BCUT2D eigenvalue weighted by Crippen LogP contribution is 2.32. The van der Waals surface area contributed by atoms with E-state index in [4.69, 9.17) is 0 Å². The number of rotatable bonds is 2. The van der Waals surface area contributed by atoms with Crippen LogP contribution in [0.1, 0.15) is 48.8 Å².